The Morgan fingerprint density at radius 2 is 1.62 bits per heavy atom. The Balaban J connectivity index is 1.54. The molecule has 0 heterocycles. The third-order valence-electron chi connectivity index (χ3n) is 5.96. The van der Waals surface area contributed by atoms with Crippen LogP contribution in [0.25, 0.3) is 11.1 Å². The molecule has 1 aliphatic rings. The minimum atomic E-state index is -1.33. The molecule has 2 atom stereocenters. The predicted octanol–water partition coefficient (Wildman–Crippen LogP) is 3.92. The van der Waals surface area contributed by atoms with Gasteiger partial charge in [-0.15, -0.1) is 0 Å². The van der Waals surface area contributed by atoms with Crippen LogP contribution in [0.15, 0.2) is 48.5 Å². The van der Waals surface area contributed by atoms with Crippen molar-refractivity contribution in [2.75, 3.05) is 13.2 Å². The smallest absolute Gasteiger partial charge is 0.407 e. The standard InChI is InChI=1S/C25H30N2O5/c1-4-13-25(3,23(29)30)27-22(28)16(2)14-26-24(31)32-15-21-19-11-7-5-9-17(19)18-10-6-8-12-20(18)21/h5-12,16,21H,4,13-15H2,1-3H3,(H,26,31)(H,27,28)(H,29,30). The Kier molecular flexibility index (Phi) is 7.18. The van der Waals surface area contributed by atoms with Crippen LogP contribution in [0.2, 0.25) is 0 Å². The summed E-state index contributed by atoms with van der Waals surface area (Å²) in [7, 11) is 0. The Bertz CT molecular complexity index is 960. The molecule has 0 spiro atoms. The number of carbonyl (C=O) groups excluding carboxylic acids is 2. The molecule has 0 radical (unpaired) electrons. The maximum absolute atomic E-state index is 12.4. The highest BCUT2D eigenvalue weighted by atomic mass is 16.5. The van der Waals surface area contributed by atoms with E-state index >= 15 is 0 Å². The summed E-state index contributed by atoms with van der Waals surface area (Å²) in [5.41, 5.74) is 3.22. The molecule has 1 aliphatic carbocycles. The van der Waals surface area contributed by atoms with Crippen molar-refractivity contribution >= 4 is 18.0 Å². The molecule has 0 bridgehead atoms. The summed E-state index contributed by atoms with van der Waals surface area (Å²) < 4.78 is 5.47. The Morgan fingerprint density at radius 1 is 1.06 bits per heavy atom. The van der Waals surface area contributed by atoms with E-state index in [2.05, 4.69) is 22.8 Å². The van der Waals surface area contributed by atoms with E-state index in [1.807, 2.05) is 43.3 Å². The largest absolute Gasteiger partial charge is 0.480 e. The normalized spacial score (nSPS) is 15.1. The van der Waals surface area contributed by atoms with Crippen molar-refractivity contribution in [3.8, 4) is 11.1 Å². The van der Waals surface area contributed by atoms with Crippen LogP contribution >= 0.6 is 0 Å². The fourth-order valence-electron chi connectivity index (χ4n) is 4.10. The molecule has 2 aromatic rings. The number of aliphatic carboxylic acids is 1. The molecule has 0 saturated carbocycles. The molecular formula is C25H30N2O5. The number of fused-ring (bicyclic) bond motifs is 3. The molecule has 2 aromatic carbocycles. The molecule has 3 N–H and O–H groups in total. The van der Waals surface area contributed by atoms with Crippen molar-refractivity contribution < 1.29 is 24.2 Å². The molecule has 0 aliphatic heterocycles. The molecule has 2 unspecified atom stereocenters. The minimum Gasteiger partial charge on any atom is -0.480 e. The van der Waals surface area contributed by atoms with Crippen molar-refractivity contribution in [2.24, 2.45) is 5.92 Å². The third kappa shape index (κ3) is 4.93. The number of amides is 2. The van der Waals surface area contributed by atoms with E-state index in [-0.39, 0.29) is 19.1 Å². The average Bonchev–Trinajstić information content (AvgIpc) is 3.09. The van der Waals surface area contributed by atoms with Gasteiger partial charge in [0.1, 0.15) is 12.1 Å². The molecule has 0 aromatic heterocycles. The van der Waals surface area contributed by atoms with Crippen LogP contribution in [0, 0.1) is 5.92 Å². The van der Waals surface area contributed by atoms with E-state index in [0.29, 0.717) is 12.8 Å². The van der Waals surface area contributed by atoms with Gasteiger partial charge in [0.05, 0.1) is 5.92 Å². The van der Waals surface area contributed by atoms with E-state index in [4.69, 9.17) is 4.74 Å². The summed E-state index contributed by atoms with van der Waals surface area (Å²) in [5.74, 6) is -2.16. The first kappa shape index (κ1) is 23.3. The number of carboxylic acid groups (broad SMARTS) is 1. The lowest BCUT2D eigenvalue weighted by molar-refractivity contribution is -0.147. The zero-order valence-electron chi connectivity index (χ0n) is 18.7. The Morgan fingerprint density at radius 3 is 2.16 bits per heavy atom. The van der Waals surface area contributed by atoms with Crippen molar-refractivity contribution in [3.05, 3.63) is 59.7 Å². The number of carbonyl (C=O) groups is 3. The number of rotatable bonds is 9. The number of hydrogen-bond acceptors (Lipinski definition) is 4. The number of ether oxygens (including phenoxy) is 1. The fourth-order valence-corrected chi connectivity index (χ4v) is 4.10. The van der Waals surface area contributed by atoms with Crippen LogP contribution in [0.3, 0.4) is 0 Å². The molecule has 0 saturated heterocycles. The topological polar surface area (TPSA) is 105 Å². The van der Waals surface area contributed by atoms with Gasteiger partial charge >= 0.3 is 12.1 Å². The van der Waals surface area contributed by atoms with Gasteiger partial charge in [0, 0.05) is 12.5 Å². The Labute approximate surface area is 188 Å². The molecule has 0 fully saturated rings. The van der Waals surface area contributed by atoms with E-state index in [1.165, 1.54) is 6.92 Å². The maximum atomic E-state index is 12.4. The zero-order chi connectivity index (χ0) is 23.3. The molecule has 2 amide bonds. The van der Waals surface area contributed by atoms with Gasteiger partial charge in [-0.1, -0.05) is 68.8 Å². The highest BCUT2D eigenvalue weighted by molar-refractivity contribution is 5.88. The lowest BCUT2D eigenvalue weighted by atomic mass is 9.95. The van der Waals surface area contributed by atoms with Crippen molar-refractivity contribution in [2.45, 2.75) is 45.1 Å². The zero-order valence-corrected chi connectivity index (χ0v) is 18.7. The van der Waals surface area contributed by atoms with Gasteiger partial charge in [0.25, 0.3) is 0 Å². The van der Waals surface area contributed by atoms with E-state index in [0.717, 1.165) is 22.3 Å². The highest BCUT2D eigenvalue weighted by Gasteiger charge is 2.35. The van der Waals surface area contributed by atoms with Crippen LogP contribution in [0.4, 0.5) is 4.79 Å². The molecule has 7 heteroatoms. The van der Waals surface area contributed by atoms with E-state index in [1.54, 1.807) is 6.92 Å². The lowest BCUT2D eigenvalue weighted by Gasteiger charge is -2.27. The minimum absolute atomic E-state index is 0.0424. The van der Waals surface area contributed by atoms with Gasteiger partial charge in [-0.25, -0.2) is 9.59 Å². The Hall–Kier alpha value is -3.35. The van der Waals surface area contributed by atoms with Gasteiger partial charge in [-0.05, 0) is 35.6 Å². The first-order valence-electron chi connectivity index (χ1n) is 10.9. The molecule has 32 heavy (non-hydrogen) atoms. The van der Waals surface area contributed by atoms with Gasteiger partial charge in [0.2, 0.25) is 5.91 Å². The van der Waals surface area contributed by atoms with Gasteiger partial charge < -0.3 is 20.5 Å². The SMILES string of the molecule is CCCC(C)(NC(=O)C(C)CNC(=O)OCC1c2ccccc2-c2ccccc21)C(=O)O. The fraction of sp³-hybridized carbons (Fsp3) is 0.400. The summed E-state index contributed by atoms with van der Waals surface area (Å²) >= 11 is 0. The highest BCUT2D eigenvalue weighted by Crippen LogP contribution is 2.44. The first-order chi connectivity index (χ1) is 15.3. The molecule has 170 valence electrons. The van der Waals surface area contributed by atoms with Gasteiger partial charge in [-0.2, -0.15) is 0 Å². The number of hydrogen-bond donors (Lipinski definition) is 3. The van der Waals surface area contributed by atoms with Crippen molar-refractivity contribution in [3.63, 3.8) is 0 Å². The number of carboxylic acids is 1. The van der Waals surface area contributed by atoms with Crippen LogP contribution in [-0.2, 0) is 14.3 Å². The summed E-state index contributed by atoms with van der Waals surface area (Å²) in [5, 5.41) is 14.6. The first-order valence-corrected chi connectivity index (χ1v) is 10.9. The van der Waals surface area contributed by atoms with E-state index in [9.17, 15) is 19.5 Å². The summed E-state index contributed by atoms with van der Waals surface area (Å²) in [4.78, 5) is 36.2. The summed E-state index contributed by atoms with van der Waals surface area (Å²) in [6.07, 6.45) is 0.330. The van der Waals surface area contributed by atoms with Crippen molar-refractivity contribution in [1.29, 1.82) is 0 Å². The monoisotopic (exact) mass is 438 g/mol. The predicted molar refractivity (Wildman–Crippen MR) is 121 cm³/mol. The summed E-state index contributed by atoms with van der Waals surface area (Å²) in [6, 6.07) is 16.2. The maximum Gasteiger partial charge on any atom is 0.407 e. The molecular weight excluding hydrogens is 408 g/mol. The number of alkyl carbamates (subject to hydrolysis) is 1. The quantitative estimate of drug-likeness (QED) is 0.550. The van der Waals surface area contributed by atoms with Gasteiger partial charge in [-0.3, -0.25) is 4.79 Å². The van der Waals surface area contributed by atoms with Crippen molar-refractivity contribution in [1.82, 2.24) is 10.6 Å². The lowest BCUT2D eigenvalue weighted by Crippen LogP contribution is -2.54. The second-order valence-corrected chi connectivity index (χ2v) is 8.48. The third-order valence-corrected chi connectivity index (χ3v) is 5.96. The molecule has 3 rings (SSSR count). The van der Waals surface area contributed by atoms with Crippen LogP contribution < -0.4 is 10.6 Å². The van der Waals surface area contributed by atoms with E-state index < -0.39 is 29.4 Å². The number of benzene rings is 2. The van der Waals surface area contributed by atoms with Crippen LogP contribution in [0.1, 0.15) is 50.7 Å². The van der Waals surface area contributed by atoms with Crippen LogP contribution in [0.5, 0.6) is 0 Å². The molecule has 7 nitrogen and oxygen atoms in total. The second-order valence-electron chi connectivity index (χ2n) is 8.48. The number of nitrogens with one attached hydrogen (secondary N) is 2. The second kappa shape index (κ2) is 9.85. The van der Waals surface area contributed by atoms with Crippen LogP contribution in [-0.4, -0.2) is 41.8 Å². The summed E-state index contributed by atoms with van der Waals surface area (Å²) in [6.45, 7) is 5.21. The van der Waals surface area contributed by atoms with Gasteiger partial charge in [0.15, 0.2) is 0 Å². The average molecular weight is 439 g/mol.